The topological polar surface area (TPSA) is 186 Å². The monoisotopic (exact) mass is 937 g/mol. The number of rotatable bonds is 55. The molecule has 0 aliphatic rings. The smallest absolute Gasteiger partial charge is 0.104 e. The van der Waals surface area contributed by atoms with E-state index in [9.17, 15) is 5.11 Å². The second-order valence-electron chi connectivity index (χ2n) is 14.4. The lowest BCUT2D eigenvalue weighted by Gasteiger charge is -2.34. The van der Waals surface area contributed by atoms with Crippen LogP contribution in [-0.2, 0) is 85.3 Å². The van der Waals surface area contributed by atoms with Crippen LogP contribution in [0.3, 0.4) is 0 Å². The summed E-state index contributed by atoms with van der Waals surface area (Å²) in [5.41, 5.74) is -0.890. The lowest BCUT2D eigenvalue weighted by molar-refractivity contribution is -0.152. The van der Waals surface area contributed by atoms with Gasteiger partial charge in [0.2, 0.25) is 0 Å². The summed E-state index contributed by atoms with van der Waals surface area (Å²) >= 11 is 0. The van der Waals surface area contributed by atoms with Gasteiger partial charge < -0.3 is 90.4 Å². The number of ether oxygens (including phenoxy) is 18. The molecule has 0 spiro atoms. The summed E-state index contributed by atoms with van der Waals surface area (Å²) in [7, 11) is 0. The summed E-state index contributed by atoms with van der Waals surface area (Å²) in [5.74, 6) is 0. The van der Waals surface area contributed by atoms with E-state index >= 15 is 0 Å². The molecule has 4 atom stereocenters. The first-order chi connectivity index (χ1) is 31.4. The number of hydrogen-bond acceptors (Lipinski definition) is 19. The molecule has 19 heteroatoms. The Bertz CT molecular complexity index is 809. The molecular weight excluding hydrogens is 844 g/mol. The van der Waals surface area contributed by atoms with Crippen molar-refractivity contribution < 1.29 is 90.4 Å². The molecule has 0 aliphatic carbocycles. The average Bonchev–Trinajstić information content (AvgIpc) is 3.29. The van der Waals surface area contributed by atoms with E-state index in [2.05, 4.69) is 0 Å². The van der Waals surface area contributed by atoms with Crippen molar-refractivity contribution in [1.29, 1.82) is 0 Å². The maximum atomic E-state index is 10.8. The van der Waals surface area contributed by atoms with Crippen molar-refractivity contribution in [2.45, 2.75) is 72.9 Å². The molecule has 64 heavy (non-hydrogen) atoms. The van der Waals surface area contributed by atoms with Gasteiger partial charge in [0.15, 0.2) is 0 Å². The highest BCUT2D eigenvalue weighted by Crippen LogP contribution is 2.22. The maximum Gasteiger partial charge on any atom is 0.104 e. The number of hydrogen-bond donors (Lipinski definition) is 1. The zero-order valence-electron chi connectivity index (χ0n) is 40.9. The van der Waals surface area contributed by atoms with Gasteiger partial charge >= 0.3 is 0 Å². The molecule has 0 saturated carbocycles. The average molecular weight is 937 g/mol. The summed E-state index contributed by atoms with van der Waals surface area (Å²) in [5, 5.41) is 10.8. The summed E-state index contributed by atoms with van der Waals surface area (Å²) in [6.45, 7) is 25.7. The molecule has 0 radical (unpaired) electrons. The SMILES string of the molecule is CCOCCOCC(O)COCC(COCC(COCCOCC)OCCOCC)(COCC(COCCOCC)OCCOCC)COCC(COCCOCC)OCCOCC. The normalized spacial score (nSPS) is 14.8. The highest BCUT2D eigenvalue weighted by Gasteiger charge is 2.34. The summed E-state index contributed by atoms with van der Waals surface area (Å²) < 4.78 is 106. The Kier molecular flexibility index (Phi) is 49.5. The first-order valence-corrected chi connectivity index (χ1v) is 23.6. The molecule has 386 valence electrons. The Morgan fingerprint density at radius 2 is 0.469 bits per heavy atom. The van der Waals surface area contributed by atoms with E-state index in [1.807, 2.05) is 48.5 Å². The number of aliphatic hydroxyl groups excluding tert-OH is 1. The Morgan fingerprint density at radius 3 is 0.750 bits per heavy atom. The largest absolute Gasteiger partial charge is 0.388 e. The van der Waals surface area contributed by atoms with Crippen LogP contribution in [0.5, 0.6) is 0 Å². The predicted molar refractivity (Wildman–Crippen MR) is 240 cm³/mol. The van der Waals surface area contributed by atoms with Crippen molar-refractivity contribution in [2.24, 2.45) is 5.41 Å². The fourth-order valence-electron chi connectivity index (χ4n) is 5.53. The van der Waals surface area contributed by atoms with Gasteiger partial charge in [0.1, 0.15) is 24.4 Å². The van der Waals surface area contributed by atoms with E-state index in [4.69, 9.17) is 85.3 Å². The molecule has 0 rings (SSSR count). The molecule has 0 aromatic heterocycles. The van der Waals surface area contributed by atoms with Gasteiger partial charge in [-0.15, -0.1) is 0 Å². The Morgan fingerprint density at radius 1 is 0.266 bits per heavy atom. The van der Waals surface area contributed by atoms with Gasteiger partial charge in [-0.05, 0) is 48.5 Å². The molecule has 4 unspecified atom stereocenters. The van der Waals surface area contributed by atoms with Crippen LogP contribution < -0.4 is 0 Å². The third kappa shape index (κ3) is 41.4. The van der Waals surface area contributed by atoms with Crippen LogP contribution >= 0.6 is 0 Å². The molecule has 0 aromatic rings. The van der Waals surface area contributed by atoms with E-state index < -0.39 is 29.8 Å². The van der Waals surface area contributed by atoms with Gasteiger partial charge in [0, 0.05) is 46.2 Å². The summed E-state index contributed by atoms with van der Waals surface area (Å²) in [6.07, 6.45) is -2.07. The third-order valence-corrected chi connectivity index (χ3v) is 8.74. The molecule has 0 heterocycles. The third-order valence-electron chi connectivity index (χ3n) is 8.74. The van der Waals surface area contributed by atoms with E-state index in [1.165, 1.54) is 0 Å². The fraction of sp³-hybridized carbons (Fsp3) is 1.00. The molecule has 0 aliphatic heterocycles. The standard InChI is InChI=1S/C45H92O19/c1-8-47-15-19-54-29-41(46)30-58-37-45(38-59-34-42(62-26-23-51-12-5)31-55-20-16-48-9-2,39-60-35-43(63-27-24-52-13-6)32-56-21-17-49-10-3)40-61-36-44(64-28-25-53-14-7)33-57-22-18-50-11-4/h41-44,46H,8-40H2,1-7H3. The van der Waals surface area contributed by atoms with Crippen LogP contribution in [-0.4, -0.2) is 248 Å². The van der Waals surface area contributed by atoms with Crippen LogP contribution in [0, 0.1) is 5.41 Å². The molecule has 0 fully saturated rings. The lowest BCUT2D eigenvalue weighted by atomic mass is 9.92. The van der Waals surface area contributed by atoms with Crippen molar-refractivity contribution in [3.63, 3.8) is 0 Å². The minimum Gasteiger partial charge on any atom is -0.388 e. The van der Waals surface area contributed by atoms with Gasteiger partial charge in [0.05, 0.1) is 177 Å². The van der Waals surface area contributed by atoms with Crippen LogP contribution in [0.4, 0.5) is 0 Å². The van der Waals surface area contributed by atoms with Crippen molar-refractivity contribution in [3.05, 3.63) is 0 Å². The van der Waals surface area contributed by atoms with E-state index in [0.29, 0.717) is 159 Å². The van der Waals surface area contributed by atoms with Crippen molar-refractivity contribution in [1.82, 2.24) is 0 Å². The fourth-order valence-corrected chi connectivity index (χ4v) is 5.53. The van der Waals surface area contributed by atoms with Crippen LogP contribution in [0.15, 0.2) is 0 Å². The van der Waals surface area contributed by atoms with Crippen molar-refractivity contribution in [3.8, 4) is 0 Å². The molecule has 0 aromatic carbocycles. The second-order valence-corrected chi connectivity index (χ2v) is 14.4. The van der Waals surface area contributed by atoms with Gasteiger partial charge in [-0.2, -0.15) is 0 Å². The second kappa shape index (κ2) is 50.1. The van der Waals surface area contributed by atoms with E-state index in [1.54, 1.807) is 0 Å². The highest BCUT2D eigenvalue weighted by atomic mass is 16.6. The van der Waals surface area contributed by atoms with E-state index in [-0.39, 0.29) is 59.5 Å². The quantitative estimate of drug-likeness (QED) is 0.0877. The zero-order chi connectivity index (χ0) is 46.9. The van der Waals surface area contributed by atoms with Crippen LogP contribution in [0.2, 0.25) is 0 Å². The Labute approximate surface area is 386 Å². The summed E-state index contributed by atoms with van der Waals surface area (Å²) in [6, 6.07) is 0. The Balaban J connectivity index is 6.37. The van der Waals surface area contributed by atoms with Gasteiger partial charge in [-0.25, -0.2) is 0 Å². The molecule has 0 saturated heterocycles. The first kappa shape index (κ1) is 63.2. The van der Waals surface area contributed by atoms with Gasteiger partial charge in [-0.1, -0.05) is 0 Å². The van der Waals surface area contributed by atoms with Crippen LogP contribution in [0.25, 0.3) is 0 Å². The van der Waals surface area contributed by atoms with Gasteiger partial charge in [-0.3, -0.25) is 0 Å². The van der Waals surface area contributed by atoms with Gasteiger partial charge in [0.25, 0.3) is 0 Å². The predicted octanol–water partition coefficient (Wildman–Crippen LogP) is 2.88. The van der Waals surface area contributed by atoms with Crippen molar-refractivity contribution >= 4 is 0 Å². The lowest BCUT2D eigenvalue weighted by Crippen LogP contribution is -2.45. The molecule has 0 amide bonds. The number of aliphatic hydroxyl groups is 1. The molecule has 19 nitrogen and oxygen atoms in total. The first-order valence-electron chi connectivity index (χ1n) is 23.6. The minimum absolute atomic E-state index is 0.000885. The Hall–Kier alpha value is -0.760. The van der Waals surface area contributed by atoms with Crippen molar-refractivity contribution in [2.75, 3.05) is 218 Å². The van der Waals surface area contributed by atoms with E-state index in [0.717, 1.165) is 0 Å². The molecule has 0 bridgehead atoms. The van der Waals surface area contributed by atoms with Crippen LogP contribution in [0.1, 0.15) is 48.5 Å². The molecule has 1 N–H and O–H groups in total. The highest BCUT2D eigenvalue weighted by molar-refractivity contribution is 4.81. The zero-order valence-corrected chi connectivity index (χ0v) is 40.9. The summed E-state index contributed by atoms with van der Waals surface area (Å²) in [4.78, 5) is 0. The molecular formula is C45H92O19. The minimum atomic E-state index is -0.890. The maximum absolute atomic E-state index is 10.8.